The van der Waals surface area contributed by atoms with Crippen molar-refractivity contribution in [1.82, 2.24) is 19.9 Å². The molecule has 1 aliphatic carbocycles. The Morgan fingerprint density at radius 2 is 1.97 bits per heavy atom. The summed E-state index contributed by atoms with van der Waals surface area (Å²) in [6.45, 7) is 0.650. The number of rotatable bonds is 6. The molecule has 0 radical (unpaired) electrons. The molecule has 0 aromatic carbocycles. The van der Waals surface area contributed by atoms with E-state index in [1.54, 1.807) is 6.07 Å². The van der Waals surface area contributed by atoms with Crippen LogP contribution in [0.3, 0.4) is 0 Å². The van der Waals surface area contributed by atoms with E-state index in [0.29, 0.717) is 38.0 Å². The second-order valence-electron chi connectivity index (χ2n) is 8.02. The van der Waals surface area contributed by atoms with Gasteiger partial charge < -0.3 is 14.4 Å². The summed E-state index contributed by atoms with van der Waals surface area (Å²) in [5.41, 5.74) is 0.224. The van der Waals surface area contributed by atoms with Crippen molar-refractivity contribution in [3.05, 3.63) is 22.8 Å². The number of ether oxygens (including phenoxy) is 2. The SMILES string of the molecule is COC(=O)N1CC(Oc2cc(CC3CCC(F)(F)CC3)nc(-c3nc(C(F)F)cs3)n2)C1. The molecular formula is C20H22F4N4O3S. The quantitative estimate of drug-likeness (QED) is 0.563. The van der Waals surface area contributed by atoms with E-state index < -0.39 is 18.4 Å². The fourth-order valence-electron chi connectivity index (χ4n) is 3.78. The third kappa shape index (κ3) is 5.28. The Morgan fingerprint density at radius 1 is 1.25 bits per heavy atom. The summed E-state index contributed by atoms with van der Waals surface area (Å²) < 4.78 is 63.4. The van der Waals surface area contributed by atoms with Crippen molar-refractivity contribution in [2.45, 2.75) is 50.6 Å². The van der Waals surface area contributed by atoms with Crippen LogP contribution in [-0.4, -0.2) is 58.2 Å². The van der Waals surface area contributed by atoms with Crippen LogP contribution in [-0.2, 0) is 11.2 Å². The van der Waals surface area contributed by atoms with Gasteiger partial charge in [0.1, 0.15) is 11.8 Å². The summed E-state index contributed by atoms with van der Waals surface area (Å²) in [4.78, 5) is 25.7. The molecule has 3 heterocycles. The lowest BCUT2D eigenvalue weighted by atomic mass is 9.84. The third-order valence-electron chi connectivity index (χ3n) is 5.60. The summed E-state index contributed by atoms with van der Waals surface area (Å²) in [6.07, 6.45) is -2.56. The third-order valence-corrected chi connectivity index (χ3v) is 6.45. The van der Waals surface area contributed by atoms with E-state index in [1.165, 1.54) is 17.4 Å². The Labute approximate surface area is 185 Å². The first-order valence-electron chi connectivity index (χ1n) is 10.2. The Kier molecular flexibility index (Phi) is 6.50. The van der Waals surface area contributed by atoms with Crippen molar-refractivity contribution in [2.24, 2.45) is 5.92 Å². The smallest absolute Gasteiger partial charge is 0.409 e. The number of thiazole rings is 1. The van der Waals surface area contributed by atoms with Gasteiger partial charge in [0.15, 0.2) is 10.8 Å². The average Bonchev–Trinajstić information content (AvgIpc) is 3.22. The van der Waals surface area contributed by atoms with Gasteiger partial charge in [-0.3, -0.25) is 0 Å². The topological polar surface area (TPSA) is 77.4 Å². The van der Waals surface area contributed by atoms with E-state index in [9.17, 15) is 22.4 Å². The number of carbonyl (C=O) groups excluding carboxylic acids is 1. The van der Waals surface area contributed by atoms with Crippen LogP contribution in [0.25, 0.3) is 10.8 Å². The molecule has 1 aliphatic heterocycles. The molecule has 1 saturated carbocycles. The maximum atomic E-state index is 13.5. The molecular weight excluding hydrogens is 452 g/mol. The first-order valence-corrected chi connectivity index (χ1v) is 11.1. The maximum absolute atomic E-state index is 13.5. The van der Waals surface area contributed by atoms with E-state index in [2.05, 4.69) is 19.7 Å². The molecule has 1 saturated heterocycles. The van der Waals surface area contributed by atoms with Gasteiger partial charge in [-0.25, -0.2) is 32.3 Å². The molecule has 0 atom stereocenters. The van der Waals surface area contributed by atoms with Crippen molar-refractivity contribution < 1.29 is 31.8 Å². The predicted octanol–water partition coefficient (Wildman–Crippen LogP) is 4.74. The van der Waals surface area contributed by atoms with Crippen LogP contribution in [0.4, 0.5) is 22.4 Å². The van der Waals surface area contributed by atoms with Crippen LogP contribution in [0.2, 0.25) is 0 Å². The van der Waals surface area contributed by atoms with Gasteiger partial charge in [-0.05, 0) is 25.2 Å². The fraction of sp³-hybridized carbons (Fsp3) is 0.600. The normalized spacial score (nSPS) is 19.1. The molecule has 0 unspecified atom stereocenters. The molecule has 1 amide bonds. The van der Waals surface area contributed by atoms with Gasteiger partial charge in [0.2, 0.25) is 11.8 Å². The van der Waals surface area contributed by atoms with Crippen molar-refractivity contribution in [2.75, 3.05) is 20.2 Å². The van der Waals surface area contributed by atoms with Gasteiger partial charge in [0.05, 0.1) is 20.2 Å². The average molecular weight is 474 g/mol. The van der Waals surface area contributed by atoms with Crippen LogP contribution in [0.1, 0.15) is 43.5 Å². The van der Waals surface area contributed by atoms with Crippen molar-refractivity contribution in [1.29, 1.82) is 0 Å². The summed E-state index contributed by atoms with van der Waals surface area (Å²) in [5, 5.41) is 1.48. The fourth-order valence-corrected chi connectivity index (χ4v) is 4.53. The zero-order valence-corrected chi connectivity index (χ0v) is 18.1. The summed E-state index contributed by atoms with van der Waals surface area (Å²) in [7, 11) is 1.29. The minimum Gasteiger partial charge on any atom is -0.470 e. The molecule has 2 aromatic rings. The molecule has 174 valence electrons. The largest absolute Gasteiger partial charge is 0.470 e. The highest BCUT2D eigenvalue weighted by Gasteiger charge is 2.36. The molecule has 32 heavy (non-hydrogen) atoms. The second kappa shape index (κ2) is 9.16. The molecule has 0 bridgehead atoms. The number of alkyl halides is 4. The number of aromatic nitrogens is 3. The minimum atomic E-state index is -2.71. The van der Waals surface area contributed by atoms with Gasteiger partial charge in [-0.2, -0.15) is 4.98 Å². The predicted molar refractivity (Wildman–Crippen MR) is 107 cm³/mol. The Morgan fingerprint density at radius 3 is 2.59 bits per heavy atom. The lowest BCUT2D eigenvalue weighted by Gasteiger charge is -2.37. The number of hydrogen-bond donors (Lipinski definition) is 0. The molecule has 7 nitrogen and oxygen atoms in total. The molecule has 2 aliphatic rings. The highest BCUT2D eigenvalue weighted by molar-refractivity contribution is 7.13. The number of nitrogens with zero attached hydrogens (tertiary/aromatic N) is 4. The van der Waals surface area contributed by atoms with Gasteiger partial charge >= 0.3 is 6.09 Å². The second-order valence-corrected chi connectivity index (χ2v) is 8.88. The molecule has 0 spiro atoms. The first kappa shape index (κ1) is 22.7. The molecule has 2 aromatic heterocycles. The van der Waals surface area contributed by atoms with E-state index in [4.69, 9.17) is 4.74 Å². The highest BCUT2D eigenvalue weighted by Crippen LogP contribution is 2.38. The molecule has 12 heteroatoms. The maximum Gasteiger partial charge on any atom is 0.409 e. The number of methoxy groups -OCH3 is 1. The number of amides is 1. The van der Waals surface area contributed by atoms with Crippen molar-refractivity contribution in [3.63, 3.8) is 0 Å². The Hall–Kier alpha value is -2.50. The van der Waals surface area contributed by atoms with E-state index in [0.717, 1.165) is 11.3 Å². The van der Waals surface area contributed by atoms with Gasteiger partial charge in [0.25, 0.3) is 6.43 Å². The molecule has 4 rings (SSSR count). The monoisotopic (exact) mass is 474 g/mol. The highest BCUT2D eigenvalue weighted by atomic mass is 32.1. The van der Waals surface area contributed by atoms with E-state index >= 15 is 0 Å². The zero-order chi connectivity index (χ0) is 22.9. The first-order chi connectivity index (χ1) is 15.2. The minimum absolute atomic E-state index is 0.0386. The number of halogens is 4. The Bertz CT molecular complexity index is 958. The van der Waals surface area contributed by atoms with Crippen molar-refractivity contribution >= 4 is 17.4 Å². The number of carbonyl (C=O) groups is 1. The van der Waals surface area contributed by atoms with Gasteiger partial charge in [-0.15, -0.1) is 11.3 Å². The van der Waals surface area contributed by atoms with E-state index in [-0.39, 0.29) is 47.3 Å². The number of likely N-dealkylation sites (tertiary alicyclic amines) is 1. The number of hydrogen-bond acceptors (Lipinski definition) is 7. The lowest BCUT2D eigenvalue weighted by Crippen LogP contribution is -2.56. The molecule has 2 fully saturated rings. The summed E-state index contributed by atoms with van der Waals surface area (Å²) >= 11 is 1.000. The van der Waals surface area contributed by atoms with E-state index in [1.807, 2.05) is 0 Å². The Balaban J connectivity index is 1.52. The lowest BCUT2D eigenvalue weighted by molar-refractivity contribution is -0.0457. The van der Waals surface area contributed by atoms with Crippen LogP contribution in [0.5, 0.6) is 5.88 Å². The standard InChI is InChI=1S/C20H22F4N4O3S/c1-30-19(29)28-8-13(9-28)31-15-7-12(6-11-2-4-20(23,24)5-3-11)25-17(27-15)18-26-14(10-32-18)16(21)22/h7,10-11,13,16H,2-6,8-9H2,1H3. The van der Waals surface area contributed by atoms with Crippen molar-refractivity contribution in [3.8, 4) is 16.7 Å². The zero-order valence-electron chi connectivity index (χ0n) is 17.3. The summed E-state index contributed by atoms with van der Waals surface area (Å²) in [6, 6.07) is 1.64. The van der Waals surface area contributed by atoms with Gasteiger partial charge in [0, 0.05) is 30.0 Å². The molecule has 0 N–H and O–H groups in total. The van der Waals surface area contributed by atoms with Gasteiger partial charge in [-0.1, -0.05) is 0 Å². The van der Waals surface area contributed by atoms with Crippen LogP contribution in [0, 0.1) is 5.92 Å². The van der Waals surface area contributed by atoms with Crippen LogP contribution < -0.4 is 4.74 Å². The summed E-state index contributed by atoms with van der Waals surface area (Å²) in [5.74, 6) is -2.20. The van der Waals surface area contributed by atoms with Crippen LogP contribution >= 0.6 is 11.3 Å². The van der Waals surface area contributed by atoms with Crippen LogP contribution in [0.15, 0.2) is 11.4 Å².